The number of aliphatic hydroxyl groups is 1. The number of rotatable bonds is 7. The Morgan fingerprint density at radius 1 is 1.17 bits per heavy atom. The molecule has 2 aromatic heterocycles. The minimum atomic E-state index is -0.511. The van der Waals surface area contributed by atoms with Crippen molar-refractivity contribution in [2.45, 2.75) is 19.6 Å². The number of hydrogen-bond donors (Lipinski definition) is 2. The number of fused-ring (bicyclic) bond motifs is 1. The zero-order valence-corrected chi connectivity index (χ0v) is 17.6. The summed E-state index contributed by atoms with van der Waals surface area (Å²) < 4.78 is 5.82. The van der Waals surface area contributed by atoms with Crippen molar-refractivity contribution in [1.82, 2.24) is 9.97 Å². The second-order valence-electron chi connectivity index (χ2n) is 7.13. The maximum atomic E-state index is 12.7. The molecule has 2 aromatic carbocycles. The van der Waals surface area contributed by atoms with Crippen molar-refractivity contribution in [3.63, 3.8) is 0 Å². The van der Waals surface area contributed by atoms with E-state index in [0.29, 0.717) is 29.1 Å². The van der Waals surface area contributed by atoms with E-state index in [9.17, 15) is 9.90 Å². The SMILES string of the molecule is COc1ccc(-c2cc3nc(CN(CC(C)O)c4ccccc4)[nH]c(=O)c3s2)cc1. The number of nitrogens with zero attached hydrogens (tertiary/aromatic N) is 2. The Morgan fingerprint density at radius 3 is 2.57 bits per heavy atom. The first-order chi connectivity index (χ1) is 14.5. The molecule has 1 unspecified atom stereocenters. The molecule has 0 aliphatic heterocycles. The fourth-order valence-corrected chi connectivity index (χ4v) is 4.36. The predicted molar refractivity (Wildman–Crippen MR) is 121 cm³/mol. The van der Waals surface area contributed by atoms with Gasteiger partial charge in [-0.1, -0.05) is 18.2 Å². The fourth-order valence-electron chi connectivity index (χ4n) is 3.36. The lowest BCUT2D eigenvalue weighted by Gasteiger charge is -2.25. The summed E-state index contributed by atoms with van der Waals surface area (Å²) in [6, 6.07) is 19.5. The van der Waals surface area contributed by atoms with E-state index in [4.69, 9.17) is 9.72 Å². The molecule has 0 saturated heterocycles. The summed E-state index contributed by atoms with van der Waals surface area (Å²) in [6.45, 7) is 2.58. The second-order valence-corrected chi connectivity index (χ2v) is 8.18. The van der Waals surface area contributed by atoms with Crippen LogP contribution >= 0.6 is 11.3 Å². The smallest absolute Gasteiger partial charge is 0.268 e. The number of aromatic nitrogens is 2. The van der Waals surface area contributed by atoms with Crippen LogP contribution in [0.2, 0.25) is 0 Å². The van der Waals surface area contributed by atoms with Crippen LogP contribution in [0.3, 0.4) is 0 Å². The zero-order valence-electron chi connectivity index (χ0n) is 16.8. The molecule has 1 atom stereocenters. The van der Waals surface area contributed by atoms with Gasteiger partial charge in [-0.25, -0.2) is 4.98 Å². The van der Waals surface area contributed by atoms with Gasteiger partial charge in [0.05, 0.1) is 25.3 Å². The van der Waals surface area contributed by atoms with Crippen molar-refractivity contribution >= 4 is 27.2 Å². The maximum Gasteiger partial charge on any atom is 0.268 e. The van der Waals surface area contributed by atoms with Gasteiger partial charge in [0.1, 0.15) is 16.3 Å². The molecule has 0 aliphatic carbocycles. The van der Waals surface area contributed by atoms with E-state index in [-0.39, 0.29) is 5.56 Å². The third-order valence-corrected chi connectivity index (χ3v) is 5.93. The number of nitrogens with one attached hydrogen (secondary N) is 1. The fraction of sp³-hybridized carbons (Fsp3) is 0.217. The van der Waals surface area contributed by atoms with Gasteiger partial charge < -0.3 is 19.7 Å². The molecular formula is C23H23N3O3S. The highest BCUT2D eigenvalue weighted by atomic mass is 32.1. The molecule has 0 bridgehead atoms. The lowest BCUT2D eigenvalue weighted by atomic mass is 10.2. The Balaban J connectivity index is 1.67. The standard InChI is InChI=1S/C23H23N3O3S/c1-15(27)13-26(17-6-4-3-5-7-17)14-21-24-19-12-20(30-22(19)23(28)25-21)16-8-10-18(29-2)11-9-16/h3-12,15,27H,13-14H2,1-2H3,(H,24,25,28). The average Bonchev–Trinajstić information content (AvgIpc) is 3.18. The minimum absolute atomic E-state index is 0.148. The van der Waals surface area contributed by atoms with Crippen LogP contribution in [0.4, 0.5) is 5.69 Å². The summed E-state index contributed by atoms with van der Waals surface area (Å²) in [5, 5.41) is 9.91. The molecule has 4 aromatic rings. The van der Waals surface area contributed by atoms with Gasteiger partial charge in [0.2, 0.25) is 0 Å². The molecule has 0 spiro atoms. The number of para-hydroxylation sites is 1. The quantitative estimate of drug-likeness (QED) is 0.471. The summed E-state index contributed by atoms with van der Waals surface area (Å²) in [5.74, 6) is 1.35. The molecule has 4 rings (SSSR count). The van der Waals surface area contributed by atoms with Gasteiger partial charge in [-0.3, -0.25) is 4.79 Å². The molecule has 7 heteroatoms. The number of anilines is 1. The molecule has 0 saturated carbocycles. The van der Waals surface area contributed by atoms with Crippen molar-refractivity contribution in [2.24, 2.45) is 0 Å². The van der Waals surface area contributed by atoms with Crippen LogP contribution in [0.1, 0.15) is 12.7 Å². The summed E-state index contributed by atoms with van der Waals surface area (Å²) >= 11 is 1.42. The molecule has 2 heterocycles. The van der Waals surface area contributed by atoms with Crippen LogP contribution in [-0.2, 0) is 6.54 Å². The van der Waals surface area contributed by atoms with Gasteiger partial charge in [0.15, 0.2) is 0 Å². The molecule has 0 amide bonds. The molecule has 154 valence electrons. The summed E-state index contributed by atoms with van der Waals surface area (Å²) in [7, 11) is 1.63. The molecule has 2 N–H and O–H groups in total. The van der Waals surface area contributed by atoms with Crippen LogP contribution in [0.25, 0.3) is 20.7 Å². The van der Waals surface area contributed by atoms with Crippen LogP contribution < -0.4 is 15.2 Å². The van der Waals surface area contributed by atoms with Crippen LogP contribution in [0.5, 0.6) is 5.75 Å². The first-order valence-electron chi connectivity index (χ1n) is 9.68. The average molecular weight is 422 g/mol. The molecular weight excluding hydrogens is 398 g/mol. The van der Waals surface area contributed by atoms with E-state index in [1.807, 2.05) is 65.6 Å². The lowest BCUT2D eigenvalue weighted by Crippen LogP contribution is -2.32. The Kier molecular flexibility index (Phi) is 5.83. The van der Waals surface area contributed by atoms with Gasteiger partial charge in [0, 0.05) is 17.1 Å². The van der Waals surface area contributed by atoms with E-state index in [2.05, 4.69) is 4.98 Å². The molecule has 30 heavy (non-hydrogen) atoms. The van der Waals surface area contributed by atoms with Crippen LogP contribution in [0, 0.1) is 0 Å². The molecule has 0 radical (unpaired) electrons. The monoisotopic (exact) mass is 421 g/mol. The third kappa shape index (κ3) is 4.37. The number of benzene rings is 2. The largest absolute Gasteiger partial charge is 0.497 e. The molecule has 6 nitrogen and oxygen atoms in total. The van der Waals surface area contributed by atoms with Crippen molar-refractivity contribution in [3.8, 4) is 16.2 Å². The van der Waals surface area contributed by atoms with Crippen molar-refractivity contribution in [3.05, 3.63) is 76.8 Å². The number of aromatic amines is 1. The number of methoxy groups -OCH3 is 1. The van der Waals surface area contributed by atoms with Crippen molar-refractivity contribution in [2.75, 3.05) is 18.6 Å². The number of H-pyrrole nitrogens is 1. The summed E-state index contributed by atoms with van der Waals surface area (Å²) in [4.78, 5) is 23.3. The van der Waals surface area contributed by atoms with E-state index in [0.717, 1.165) is 21.9 Å². The molecule has 0 fully saturated rings. The van der Waals surface area contributed by atoms with Gasteiger partial charge in [-0.05, 0) is 55.0 Å². The van der Waals surface area contributed by atoms with Gasteiger partial charge in [0.25, 0.3) is 5.56 Å². The maximum absolute atomic E-state index is 12.7. The van der Waals surface area contributed by atoms with E-state index >= 15 is 0 Å². The Labute approximate surface area is 178 Å². The zero-order chi connectivity index (χ0) is 21.1. The first kappa shape index (κ1) is 20.1. The van der Waals surface area contributed by atoms with Crippen LogP contribution in [0.15, 0.2) is 65.5 Å². The first-order valence-corrected chi connectivity index (χ1v) is 10.5. The highest BCUT2D eigenvalue weighted by molar-refractivity contribution is 7.22. The van der Waals surface area contributed by atoms with Gasteiger partial charge in [-0.15, -0.1) is 11.3 Å². The Bertz CT molecular complexity index is 1180. The molecule has 0 aliphatic rings. The minimum Gasteiger partial charge on any atom is -0.497 e. The highest BCUT2D eigenvalue weighted by Crippen LogP contribution is 2.32. The van der Waals surface area contributed by atoms with Crippen molar-refractivity contribution in [1.29, 1.82) is 0 Å². The Hall–Kier alpha value is -3.16. The predicted octanol–water partition coefficient (Wildman–Crippen LogP) is 4.05. The number of thiophene rings is 1. The van der Waals surface area contributed by atoms with Gasteiger partial charge in [-0.2, -0.15) is 0 Å². The van der Waals surface area contributed by atoms with E-state index in [1.165, 1.54) is 11.3 Å². The lowest BCUT2D eigenvalue weighted by molar-refractivity contribution is 0.199. The highest BCUT2D eigenvalue weighted by Gasteiger charge is 2.15. The number of hydrogen-bond acceptors (Lipinski definition) is 6. The summed E-state index contributed by atoms with van der Waals surface area (Å²) in [6.07, 6.45) is -0.511. The normalized spacial score (nSPS) is 12.1. The summed E-state index contributed by atoms with van der Waals surface area (Å²) in [5.41, 5.74) is 2.50. The number of aliphatic hydroxyl groups excluding tert-OH is 1. The van der Waals surface area contributed by atoms with Crippen molar-refractivity contribution < 1.29 is 9.84 Å². The van der Waals surface area contributed by atoms with Crippen LogP contribution in [-0.4, -0.2) is 34.8 Å². The van der Waals surface area contributed by atoms with E-state index < -0.39 is 6.10 Å². The Morgan fingerprint density at radius 2 is 1.90 bits per heavy atom. The van der Waals surface area contributed by atoms with Gasteiger partial charge >= 0.3 is 0 Å². The second kappa shape index (κ2) is 8.69. The number of ether oxygens (including phenoxy) is 1. The third-order valence-electron chi connectivity index (χ3n) is 4.75. The topological polar surface area (TPSA) is 78.5 Å². The van der Waals surface area contributed by atoms with E-state index in [1.54, 1.807) is 14.0 Å².